The summed E-state index contributed by atoms with van der Waals surface area (Å²) in [5.74, 6) is -5.00. The molecule has 2 aliphatic heterocycles. The molecule has 0 radical (unpaired) electrons. The van der Waals surface area contributed by atoms with Gasteiger partial charge in [0.25, 0.3) is 5.69 Å². The number of rotatable bonds is 3. The average molecular weight is 490 g/mol. The highest BCUT2D eigenvalue weighted by Crippen LogP contribution is 2.52. The zero-order valence-corrected chi connectivity index (χ0v) is 18.6. The number of carbonyl (C=O) groups is 2. The van der Waals surface area contributed by atoms with Gasteiger partial charge in [-0.3, -0.25) is 19.8 Å². The van der Waals surface area contributed by atoms with E-state index in [0.29, 0.717) is 17.0 Å². The van der Waals surface area contributed by atoms with Crippen LogP contribution in [0, 0.1) is 21.8 Å². The number of nitro groups is 1. The van der Waals surface area contributed by atoms with Crippen LogP contribution in [0.15, 0.2) is 23.2 Å². The molecule has 34 heavy (non-hydrogen) atoms. The number of hydrogen-bond acceptors (Lipinski definition) is 6. The van der Waals surface area contributed by atoms with Gasteiger partial charge < -0.3 is 9.84 Å². The average Bonchev–Trinajstić information content (AvgIpc) is 3.08. The first-order chi connectivity index (χ1) is 15.6. The summed E-state index contributed by atoms with van der Waals surface area (Å²) in [6.45, 7) is 4.63. The Morgan fingerprint density at radius 2 is 2.00 bits per heavy atom. The lowest BCUT2D eigenvalue weighted by molar-refractivity contribution is -0.385. The number of ether oxygens (including phenoxy) is 1. The SMILES string of the molecule is CCN1C(=O)[C@@H]2[C@@H](C(F)(F)F)OC[C@]2(c2cc([N+](=O)[O-])ccc2F)N=C1N(C(=O)O)C(C)(C)C. The number of alkyl halides is 3. The Balaban J connectivity index is 2.41. The number of guanidine groups is 1. The molecular formula is C20H22F4N4O6. The highest BCUT2D eigenvalue weighted by Gasteiger charge is 2.67. The van der Waals surface area contributed by atoms with Crippen molar-refractivity contribution < 1.29 is 41.9 Å². The molecule has 2 aliphatic rings. The molecule has 3 atom stereocenters. The second kappa shape index (κ2) is 8.18. The van der Waals surface area contributed by atoms with Gasteiger partial charge in [-0.05, 0) is 33.8 Å². The van der Waals surface area contributed by atoms with Gasteiger partial charge in [-0.15, -0.1) is 0 Å². The maximum Gasteiger partial charge on any atom is 0.415 e. The maximum absolute atomic E-state index is 15.0. The van der Waals surface area contributed by atoms with Crippen molar-refractivity contribution in [2.45, 2.75) is 51.1 Å². The first-order valence-electron chi connectivity index (χ1n) is 10.1. The third-order valence-electron chi connectivity index (χ3n) is 5.70. The molecule has 0 spiro atoms. The molecule has 0 aliphatic carbocycles. The van der Waals surface area contributed by atoms with Gasteiger partial charge in [-0.2, -0.15) is 13.2 Å². The Morgan fingerprint density at radius 1 is 1.38 bits per heavy atom. The first-order valence-corrected chi connectivity index (χ1v) is 10.1. The van der Waals surface area contributed by atoms with Gasteiger partial charge in [-0.25, -0.2) is 19.1 Å². The van der Waals surface area contributed by atoms with Crippen molar-refractivity contribution in [1.82, 2.24) is 9.80 Å². The van der Waals surface area contributed by atoms with Gasteiger partial charge in [0.2, 0.25) is 11.9 Å². The fraction of sp³-hybridized carbons (Fsp3) is 0.550. The lowest BCUT2D eigenvalue weighted by Gasteiger charge is -2.45. The van der Waals surface area contributed by atoms with Crippen LogP contribution < -0.4 is 0 Å². The van der Waals surface area contributed by atoms with Crippen LogP contribution in [0.5, 0.6) is 0 Å². The normalized spacial score (nSPS) is 25.1. The van der Waals surface area contributed by atoms with Crippen molar-refractivity contribution in [2.75, 3.05) is 13.2 Å². The van der Waals surface area contributed by atoms with Crippen molar-refractivity contribution in [3.8, 4) is 0 Å². The smallest absolute Gasteiger partial charge is 0.415 e. The van der Waals surface area contributed by atoms with Crippen LogP contribution in [0.4, 0.5) is 28.0 Å². The molecule has 0 aromatic heterocycles. The monoisotopic (exact) mass is 490 g/mol. The minimum absolute atomic E-state index is 0.244. The predicted molar refractivity (Wildman–Crippen MR) is 108 cm³/mol. The van der Waals surface area contributed by atoms with Gasteiger partial charge in [-0.1, -0.05) is 0 Å². The molecule has 14 heteroatoms. The number of halogens is 4. The van der Waals surface area contributed by atoms with Gasteiger partial charge >= 0.3 is 12.3 Å². The van der Waals surface area contributed by atoms with Crippen LogP contribution in [-0.2, 0) is 15.1 Å². The zero-order valence-electron chi connectivity index (χ0n) is 18.6. The van der Waals surface area contributed by atoms with E-state index >= 15 is 4.39 Å². The van der Waals surface area contributed by atoms with Crippen molar-refractivity contribution in [3.63, 3.8) is 0 Å². The van der Waals surface area contributed by atoms with E-state index in [9.17, 15) is 38.0 Å². The molecule has 0 unspecified atom stereocenters. The summed E-state index contributed by atoms with van der Waals surface area (Å²) in [6, 6.07) is 2.20. The van der Waals surface area contributed by atoms with Crippen LogP contribution >= 0.6 is 0 Å². The second-order valence-electron chi connectivity index (χ2n) is 8.88. The summed E-state index contributed by atoms with van der Waals surface area (Å²) in [7, 11) is 0. The van der Waals surface area contributed by atoms with E-state index in [-0.39, 0.29) is 6.54 Å². The summed E-state index contributed by atoms with van der Waals surface area (Å²) in [5.41, 5.74) is -4.92. The third kappa shape index (κ3) is 3.95. The van der Waals surface area contributed by atoms with E-state index in [1.54, 1.807) is 0 Å². The van der Waals surface area contributed by atoms with Crippen molar-refractivity contribution in [2.24, 2.45) is 10.9 Å². The summed E-state index contributed by atoms with van der Waals surface area (Å²) < 4.78 is 61.5. The Labute approximate surface area is 190 Å². The van der Waals surface area contributed by atoms with Gasteiger partial charge in [0.15, 0.2) is 6.10 Å². The number of fused-ring (bicyclic) bond motifs is 1. The van der Waals surface area contributed by atoms with Crippen molar-refractivity contribution in [3.05, 3.63) is 39.7 Å². The Hall–Kier alpha value is -3.29. The van der Waals surface area contributed by atoms with Crippen LogP contribution in [-0.4, -0.2) is 68.8 Å². The largest absolute Gasteiger partial charge is 0.465 e. The molecule has 186 valence electrons. The Morgan fingerprint density at radius 3 is 2.47 bits per heavy atom. The number of non-ortho nitro benzene ring substituents is 1. The topological polar surface area (TPSA) is 126 Å². The lowest BCUT2D eigenvalue weighted by atomic mass is 9.75. The van der Waals surface area contributed by atoms with Gasteiger partial charge in [0.1, 0.15) is 17.3 Å². The number of nitrogens with zero attached hydrogens (tertiary/aromatic N) is 4. The number of benzene rings is 1. The fourth-order valence-electron chi connectivity index (χ4n) is 4.28. The quantitative estimate of drug-likeness (QED) is 0.393. The van der Waals surface area contributed by atoms with E-state index in [1.807, 2.05) is 0 Å². The maximum atomic E-state index is 15.0. The van der Waals surface area contributed by atoms with Crippen LogP contribution in [0.3, 0.4) is 0 Å². The van der Waals surface area contributed by atoms with E-state index in [1.165, 1.54) is 27.7 Å². The van der Waals surface area contributed by atoms with Crippen LogP contribution in [0.1, 0.15) is 33.3 Å². The fourth-order valence-corrected chi connectivity index (χ4v) is 4.28. The lowest BCUT2D eigenvalue weighted by Crippen LogP contribution is -2.64. The number of amides is 2. The molecule has 3 rings (SSSR count). The predicted octanol–water partition coefficient (Wildman–Crippen LogP) is 3.50. The molecule has 1 saturated heterocycles. The number of aliphatic imine (C=N–C) groups is 1. The van der Waals surface area contributed by atoms with E-state index < -0.39 is 75.8 Å². The van der Waals surface area contributed by atoms with E-state index in [0.717, 1.165) is 11.0 Å². The number of carbonyl (C=O) groups excluding carboxylic acids is 1. The third-order valence-corrected chi connectivity index (χ3v) is 5.70. The molecular weight excluding hydrogens is 468 g/mol. The molecule has 0 bridgehead atoms. The molecule has 0 saturated carbocycles. The minimum Gasteiger partial charge on any atom is -0.465 e. The van der Waals surface area contributed by atoms with E-state index in [2.05, 4.69) is 4.99 Å². The number of nitro benzene ring substituents is 1. The molecule has 1 aromatic carbocycles. The second-order valence-corrected chi connectivity index (χ2v) is 8.88. The number of hydrogen-bond donors (Lipinski definition) is 1. The number of carboxylic acid groups (broad SMARTS) is 1. The molecule has 10 nitrogen and oxygen atoms in total. The van der Waals surface area contributed by atoms with E-state index in [4.69, 9.17) is 4.74 Å². The van der Waals surface area contributed by atoms with Crippen molar-refractivity contribution in [1.29, 1.82) is 0 Å². The summed E-state index contributed by atoms with van der Waals surface area (Å²) in [6.07, 6.45) is -9.30. The Bertz CT molecular complexity index is 1070. The first kappa shape index (κ1) is 25.3. The molecule has 1 aromatic rings. The highest BCUT2D eigenvalue weighted by atomic mass is 19.4. The Kier molecular flexibility index (Phi) is 6.10. The molecule has 1 fully saturated rings. The highest BCUT2D eigenvalue weighted by molar-refractivity contribution is 6.06. The summed E-state index contributed by atoms with van der Waals surface area (Å²) >= 11 is 0. The molecule has 2 heterocycles. The van der Waals surface area contributed by atoms with Crippen molar-refractivity contribution >= 4 is 23.6 Å². The van der Waals surface area contributed by atoms with Crippen LogP contribution in [0.2, 0.25) is 0 Å². The zero-order chi connectivity index (χ0) is 25.8. The molecule has 2 amide bonds. The van der Waals surface area contributed by atoms with Crippen LogP contribution in [0.25, 0.3) is 0 Å². The van der Waals surface area contributed by atoms with Gasteiger partial charge in [0.05, 0.1) is 11.5 Å². The summed E-state index contributed by atoms with van der Waals surface area (Å²) in [5, 5.41) is 21.1. The molecule has 1 N–H and O–H groups in total. The standard InChI is InChI=1S/C20H22F4N4O6/c1-5-26-15(29)13-14(20(22,23)24)34-9-19(13,11-8-10(28(32)33)6-7-12(11)21)25-16(26)27(17(30)31)18(2,3)4/h6-8,13-14H,5,9H2,1-4H3,(H,30,31)/t13-,14-,19+/m0/s1. The van der Waals surface area contributed by atoms with Gasteiger partial charge in [0, 0.05) is 29.8 Å². The summed E-state index contributed by atoms with van der Waals surface area (Å²) in [4.78, 5) is 41.7. The minimum atomic E-state index is -5.05.